The van der Waals surface area contributed by atoms with E-state index in [0.717, 1.165) is 30.7 Å². The number of likely N-dealkylation sites (N-methyl/N-ethyl adjacent to an activating group) is 1. The fraction of sp³-hybridized carbons (Fsp3) is 0.438. The SMILES string of the molecule is C#C/C(C1=CCN(C)CC1)=C(\C=C/C)CC(C)(C)Nc1nc(N2CCOCC2)nc(-n2c(C(F)F)nc3ccccc32)n1. The molecule has 2 aliphatic rings. The molecule has 3 aromatic rings. The van der Waals surface area contributed by atoms with Crippen LogP contribution in [0.4, 0.5) is 20.7 Å². The Hall–Kier alpha value is -4.14. The monoisotopic (exact) mass is 588 g/mol. The molecular formula is C32H38F2N8O. The Labute approximate surface area is 251 Å². The minimum absolute atomic E-state index is 0.0730. The zero-order valence-corrected chi connectivity index (χ0v) is 25.1. The van der Waals surface area contributed by atoms with Crippen molar-refractivity contribution in [2.75, 3.05) is 56.7 Å². The number of morpholine rings is 1. The van der Waals surface area contributed by atoms with Gasteiger partial charge in [0, 0.05) is 37.3 Å². The van der Waals surface area contributed by atoms with Crippen molar-refractivity contribution >= 4 is 22.9 Å². The van der Waals surface area contributed by atoms with Crippen LogP contribution < -0.4 is 10.2 Å². The number of nitrogens with one attached hydrogen (secondary N) is 1. The van der Waals surface area contributed by atoms with E-state index < -0.39 is 17.8 Å². The third kappa shape index (κ3) is 6.92. The molecular weight excluding hydrogens is 550 g/mol. The Morgan fingerprint density at radius 1 is 1.12 bits per heavy atom. The largest absolute Gasteiger partial charge is 0.378 e. The number of benzene rings is 1. The van der Waals surface area contributed by atoms with Crippen molar-refractivity contribution in [1.82, 2.24) is 29.4 Å². The number of fused-ring (bicyclic) bond motifs is 1. The summed E-state index contributed by atoms with van der Waals surface area (Å²) in [7, 11) is 2.09. The van der Waals surface area contributed by atoms with E-state index in [-0.39, 0.29) is 11.9 Å². The molecule has 5 rings (SSSR count). The van der Waals surface area contributed by atoms with Crippen LogP contribution in [0, 0.1) is 12.3 Å². The summed E-state index contributed by atoms with van der Waals surface area (Å²) in [6.45, 7) is 10.0. The number of hydrogen-bond donors (Lipinski definition) is 1. The summed E-state index contributed by atoms with van der Waals surface area (Å²) in [4.78, 5) is 22.5. The number of para-hydroxylation sites is 2. The third-order valence-corrected chi connectivity index (χ3v) is 7.54. The number of alkyl halides is 2. The summed E-state index contributed by atoms with van der Waals surface area (Å²) in [5.41, 5.74) is 3.47. The van der Waals surface area contributed by atoms with E-state index >= 15 is 0 Å². The first-order valence-electron chi connectivity index (χ1n) is 14.5. The minimum atomic E-state index is -2.83. The van der Waals surface area contributed by atoms with Crippen LogP contribution in [0.3, 0.4) is 0 Å². The lowest BCUT2D eigenvalue weighted by atomic mass is 9.87. The van der Waals surface area contributed by atoms with Crippen molar-refractivity contribution in [2.24, 2.45) is 0 Å². The molecule has 0 amide bonds. The lowest BCUT2D eigenvalue weighted by molar-refractivity contribution is 0.122. The molecule has 226 valence electrons. The standard InChI is InChI=1S/C32H38F2N8O/c1-6-10-23(24(7-2)22-13-15-40(5)16-14-22)21-32(3,4)39-29-36-30(41-17-19-43-20-18-41)38-31(37-29)42-26-12-9-8-11-25(26)35-28(42)27(33)34/h2,6,8-13,27H,14-21H2,1,3-5H3,(H,36,37,38,39)/b10-6-,24-23-. The first-order chi connectivity index (χ1) is 20.7. The second-order valence-electron chi connectivity index (χ2n) is 11.4. The highest BCUT2D eigenvalue weighted by molar-refractivity contribution is 5.77. The molecule has 2 aliphatic heterocycles. The van der Waals surface area contributed by atoms with Gasteiger partial charge in [-0.3, -0.25) is 4.57 Å². The van der Waals surface area contributed by atoms with Gasteiger partial charge in [-0.05, 0) is 63.9 Å². The molecule has 0 atom stereocenters. The van der Waals surface area contributed by atoms with E-state index in [2.05, 4.69) is 50.3 Å². The lowest BCUT2D eigenvalue weighted by Gasteiger charge is -2.30. The van der Waals surface area contributed by atoms with Crippen molar-refractivity contribution in [2.45, 2.75) is 45.6 Å². The number of ether oxygens (including phenoxy) is 1. The fourth-order valence-electron chi connectivity index (χ4n) is 5.46. The van der Waals surface area contributed by atoms with Crippen LogP contribution >= 0.6 is 0 Å². The Balaban J connectivity index is 1.55. The molecule has 4 heterocycles. The van der Waals surface area contributed by atoms with Crippen LogP contribution in [0.25, 0.3) is 17.0 Å². The van der Waals surface area contributed by atoms with E-state index in [1.165, 1.54) is 10.1 Å². The summed E-state index contributed by atoms with van der Waals surface area (Å²) < 4.78 is 35.3. The Kier molecular flexibility index (Phi) is 9.18. The maximum Gasteiger partial charge on any atom is 0.296 e. The number of rotatable bonds is 9. The second-order valence-corrected chi connectivity index (χ2v) is 11.4. The number of halogens is 2. The van der Waals surface area contributed by atoms with Crippen LogP contribution in [-0.4, -0.2) is 81.4 Å². The summed E-state index contributed by atoms with van der Waals surface area (Å²) in [6, 6.07) is 6.97. The molecule has 0 bridgehead atoms. The maximum absolute atomic E-state index is 14.2. The van der Waals surface area contributed by atoms with Crippen molar-refractivity contribution in [1.29, 1.82) is 0 Å². The zero-order valence-electron chi connectivity index (χ0n) is 25.1. The van der Waals surface area contributed by atoms with Crippen LogP contribution in [-0.2, 0) is 4.74 Å². The molecule has 9 nitrogen and oxygen atoms in total. The number of allylic oxidation sites excluding steroid dienone is 3. The van der Waals surface area contributed by atoms with Crippen LogP contribution in [0.5, 0.6) is 0 Å². The number of aromatic nitrogens is 5. The highest BCUT2D eigenvalue weighted by atomic mass is 19.3. The quantitative estimate of drug-likeness (QED) is 0.265. The first-order valence-corrected chi connectivity index (χ1v) is 14.5. The summed E-state index contributed by atoms with van der Waals surface area (Å²) in [5, 5.41) is 3.47. The predicted octanol–water partition coefficient (Wildman–Crippen LogP) is 5.33. The van der Waals surface area contributed by atoms with E-state index in [4.69, 9.17) is 16.1 Å². The number of nitrogens with zero attached hydrogens (tertiary/aromatic N) is 7. The van der Waals surface area contributed by atoms with E-state index in [9.17, 15) is 8.78 Å². The zero-order chi connectivity index (χ0) is 30.6. The average molecular weight is 589 g/mol. The van der Waals surface area contributed by atoms with Gasteiger partial charge in [0.05, 0.1) is 24.2 Å². The number of terminal acetylenes is 1. The molecule has 0 spiro atoms. The van der Waals surface area contributed by atoms with Gasteiger partial charge in [0.25, 0.3) is 6.43 Å². The summed E-state index contributed by atoms with van der Waals surface area (Å²) in [6.07, 6.45) is 11.0. The minimum Gasteiger partial charge on any atom is -0.378 e. The van der Waals surface area contributed by atoms with Gasteiger partial charge < -0.3 is 19.9 Å². The first kappa shape index (κ1) is 30.3. The van der Waals surface area contributed by atoms with E-state index in [0.29, 0.717) is 49.7 Å². The molecule has 1 saturated heterocycles. The van der Waals surface area contributed by atoms with Crippen molar-refractivity contribution in [3.05, 3.63) is 65.0 Å². The smallest absolute Gasteiger partial charge is 0.296 e. The van der Waals surface area contributed by atoms with E-state index in [1.807, 2.05) is 31.7 Å². The Morgan fingerprint density at radius 2 is 1.86 bits per heavy atom. The molecule has 2 aromatic heterocycles. The average Bonchev–Trinajstić information content (AvgIpc) is 3.39. The molecule has 1 fully saturated rings. The van der Waals surface area contributed by atoms with Gasteiger partial charge in [-0.15, -0.1) is 6.42 Å². The molecule has 0 aliphatic carbocycles. The van der Waals surface area contributed by atoms with Gasteiger partial charge in [0.1, 0.15) is 0 Å². The Morgan fingerprint density at radius 3 is 2.53 bits per heavy atom. The van der Waals surface area contributed by atoms with Gasteiger partial charge in [-0.2, -0.15) is 15.0 Å². The molecule has 11 heteroatoms. The topological polar surface area (TPSA) is 84.2 Å². The summed E-state index contributed by atoms with van der Waals surface area (Å²) in [5.74, 6) is 3.25. The predicted molar refractivity (Wildman–Crippen MR) is 166 cm³/mol. The fourth-order valence-corrected chi connectivity index (χ4v) is 5.46. The van der Waals surface area contributed by atoms with Crippen LogP contribution in [0.2, 0.25) is 0 Å². The van der Waals surface area contributed by atoms with Crippen LogP contribution in [0.15, 0.2) is 59.2 Å². The molecule has 0 radical (unpaired) electrons. The van der Waals surface area contributed by atoms with Crippen LogP contribution in [0.1, 0.15) is 45.9 Å². The molecule has 1 N–H and O–H groups in total. The van der Waals surface area contributed by atoms with Gasteiger partial charge >= 0.3 is 0 Å². The van der Waals surface area contributed by atoms with Crippen molar-refractivity contribution in [3.63, 3.8) is 0 Å². The van der Waals surface area contributed by atoms with Gasteiger partial charge in [-0.25, -0.2) is 13.8 Å². The van der Waals surface area contributed by atoms with Crippen molar-refractivity contribution < 1.29 is 13.5 Å². The molecule has 0 unspecified atom stereocenters. The molecule has 43 heavy (non-hydrogen) atoms. The number of hydrogen-bond acceptors (Lipinski definition) is 8. The van der Waals surface area contributed by atoms with E-state index in [1.54, 1.807) is 24.3 Å². The van der Waals surface area contributed by atoms with Gasteiger partial charge in [0.15, 0.2) is 5.82 Å². The third-order valence-electron chi connectivity index (χ3n) is 7.54. The molecule has 0 saturated carbocycles. The summed E-state index contributed by atoms with van der Waals surface area (Å²) >= 11 is 0. The highest BCUT2D eigenvalue weighted by Gasteiger charge is 2.27. The maximum atomic E-state index is 14.2. The normalized spacial score (nSPS) is 17.3. The second kappa shape index (κ2) is 13.0. The van der Waals surface area contributed by atoms with Crippen molar-refractivity contribution in [3.8, 4) is 18.3 Å². The number of imidazole rings is 1. The number of anilines is 2. The van der Waals surface area contributed by atoms with Gasteiger partial charge in [0.2, 0.25) is 17.8 Å². The van der Waals surface area contributed by atoms with Gasteiger partial charge in [-0.1, -0.05) is 36.3 Å². The molecule has 1 aromatic carbocycles. The highest BCUT2D eigenvalue weighted by Crippen LogP contribution is 2.31. The lowest BCUT2D eigenvalue weighted by Crippen LogP contribution is -2.38. The Bertz CT molecular complexity index is 1590.